The van der Waals surface area contributed by atoms with Crippen molar-refractivity contribution in [2.45, 2.75) is 19.4 Å². The molecule has 0 amide bonds. The van der Waals surface area contributed by atoms with Gasteiger partial charge in [-0.25, -0.2) is 8.78 Å². The smallest absolute Gasteiger partial charge is 0.128 e. The summed E-state index contributed by atoms with van der Waals surface area (Å²) in [7, 11) is 1.60. The average Bonchev–Trinajstić information content (AvgIpc) is 2.50. The first-order chi connectivity index (χ1) is 10.2. The number of likely N-dealkylation sites (N-methyl/N-ethyl adjacent to an activating group) is 1. The standard InChI is InChI=1S/C17H19F2NO/c1-3-20-16(14-11-13(18)8-9-15(14)19)10-12-6-4-5-7-17(12)21-2/h4-9,11,16,20H,3,10H2,1-2H3. The Bertz CT molecular complexity index is 601. The average molecular weight is 291 g/mol. The first-order valence-electron chi connectivity index (χ1n) is 6.96. The third-order valence-corrected chi connectivity index (χ3v) is 3.40. The molecule has 0 fully saturated rings. The van der Waals surface area contributed by atoms with Crippen LogP contribution in [0.4, 0.5) is 8.78 Å². The molecule has 0 aliphatic heterocycles. The quantitative estimate of drug-likeness (QED) is 0.872. The van der Waals surface area contributed by atoms with Crippen LogP contribution in [0.15, 0.2) is 42.5 Å². The predicted molar refractivity (Wildman–Crippen MR) is 79.5 cm³/mol. The number of nitrogens with one attached hydrogen (secondary N) is 1. The number of ether oxygens (including phenoxy) is 1. The van der Waals surface area contributed by atoms with Crippen LogP contribution in [-0.4, -0.2) is 13.7 Å². The Balaban J connectivity index is 2.33. The third kappa shape index (κ3) is 3.79. The van der Waals surface area contributed by atoms with Gasteiger partial charge in [-0.05, 0) is 42.8 Å². The van der Waals surface area contributed by atoms with E-state index < -0.39 is 11.6 Å². The summed E-state index contributed by atoms with van der Waals surface area (Å²) in [5.41, 5.74) is 1.29. The number of hydrogen-bond donors (Lipinski definition) is 1. The zero-order chi connectivity index (χ0) is 15.2. The molecule has 0 aliphatic carbocycles. The molecule has 21 heavy (non-hydrogen) atoms. The molecule has 2 aromatic rings. The summed E-state index contributed by atoms with van der Waals surface area (Å²) in [5.74, 6) is -0.0937. The van der Waals surface area contributed by atoms with Gasteiger partial charge in [-0.3, -0.25) is 0 Å². The third-order valence-electron chi connectivity index (χ3n) is 3.40. The van der Waals surface area contributed by atoms with Gasteiger partial charge < -0.3 is 10.1 Å². The zero-order valence-electron chi connectivity index (χ0n) is 12.2. The van der Waals surface area contributed by atoms with E-state index in [2.05, 4.69) is 5.32 Å². The summed E-state index contributed by atoms with van der Waals surface area (Å²) >= 11 is 0. The van der Waals surface area contributed by atoms with Gasteiger partial charge >= 0.3 is 0 Å². The van der Waals surface area contributed by atoms with Crippen LogP contribution in [0.2, 0.25) is 0 Å². The molecular formula is C17H19F2NO. The second-order valence-electron chi connectivity index (χ2n) is 4.79. The molecule has 4 heteroatoms. The topological polar surface area (TPSA) is 21.3 Å². The Kier molecular flexibility index (Phi) is 5.28. The summed E-state index contributed by atoms with van der Waals surface area (Å²) in [6.45, 7) is 2.60. The van der Waals surface area contributed by atoms with E-state index in [0.29, 0.717) is 18.5 Å². The fraction of sp³-hybridized carbons (Fsp3) is 0.294. The van der Waals surface area contributed by atoms with Gasteiger partial charge in [0.05, 0.1) is 7.11 Å². The Morgan fingerprint density at radius 1 is 1.14 bits per heavy atom. The minimum atomic E-state index is -0.436. The molecule has 0 saturated heterocycles. The van der Waals surface area contributed by atoms with Gasteiger partial charge in [-0.1, -0.05) is 25.1 Å². The Morgan fingerprint density at radius 2 is 1.90 bits per heavy atom. The highest BCUT2D eigenvalue weighted by molar-refractivity contribution is 5.35. The summed E-state index contributed by atoms with van der Waals surface area (Å²) < 4.78 is 32.7. The minimum absolute atomic E-state index is 0.304. The van der Waals surface area contributed by atoms with Gasteiger partial charge in [0.15, 0.2) is 0 Å². The van der Waals surface area contributed by atoms with Crippen LogP contribution in [0.5, 0.6) is 5.75 Å². The molecule has 0 spiro atoms. The molecule has 2 rings (SSSR count). The lowest BCUT2D eigenvalue weighted by Gasteiger charge is -2.20. The lowest BCUT2D eigenvalue weighted by Crippen LogP contribution is -2.24. The van der Waals surface area contributed by atoms with Crippen LogP contribution in [0, 0.1) is 11.6 Å². The molecule has 0 heterocycles. The van der Waals surface area contributed by atoms with Gasteiger partial charge in [-0.15, -0.1) is 0 Å². The van der Waals surface area contributed by atoms with Crippen molar-refractivity contribution in [1.82, 2.24) is 5.32 Å². The fourth-order valence-corrected chi connectivity index (χ4v) is 2.41. The van der Waals surface area contributed by atoms with Crippen LogP contribution >= 0.6 is 0 Å². The number of benzene rings is 2. The maximum Gasteiger partial charge on any atom is 0.128 e. The van der Waals surface area contributed by atoms with Gasteiger partial charge in [0.2, 0.25) is 0 Å². The van der Waals surface area contributed by atoms with E-state index >= 15 is 0 Å². The molecule has 0 aromatic heterocycles. The highest BCUT2D eigenvalue weighted by atomic mass is 19.1. The van der Waals surface area contributed by atoms with E-state index in [9.17, 15) is 8.78 Å². The first kappa shape index (κ1) is 15.4. The number of hydrogen-bond acceptors (Lipinski definition) is 2. The van der Waals surface area contributed by atoms with Crippen LogP contribution in [0.1, 0.15) is 24.1 Å². The molecule has 0 bridgehead atoms. The minimum Gasteiger partial charge on any atom is -0.496 e. The fourth-order valence-electron chi connectivity index (χ4n) is 2.41. The van der Waals surface area contributed by atoms with E-state index in [1.807, 2.05) is 31.2 Å². The van der Waals surface area contributed by atoms with Crippen molar-refractivity contribution in [2.24, 2.45) is 0 Å². The van der Waals surface area contributed by atoms with Crippen molar-refractivity contribution < 1.29 is 13.5 Å². The van der Waals surface area contributed by atoms with Crippen molar-refractivity contribution >= 4 is 0 Å². The van der Waals surface area contributed by atoms with Gasteiger partial charge in [0.1, 0.15) is 17.4 Å². The molecule has 1 N–H and O–H groups in total. The maximum atomic E-state index is 14.0. The normalized spacial score (nSPS) is 12.2. The zero-order valence-corrected chi connectivity index (χ0v) is 12.2. The molecule has 0 radical (unpaired) electrons. The Labute approximate surface area is 123 Å². The number of methoxy groups -OCH3 is 1. The lowest BCUT2D eigenvalue weighted by molar-refractivity contribution is 0.404. The van der Waals surface area contributed by atoms with Crippen LogP contribution < -0.4 is 10.1 Å². The highest BCUT2D eigenvalue weighted by Crippen LogP contribution is 2.26. The van der Waals surface area contributed by atoms with E-state index in [-0.39, 0.29) is 6.04 Å². The lowest BCUT2D eigenvalue weighted by atomic mass is 9.97. The molecule has 2 aromatic carbocycles. The molecule has 1 atom stereocenters. The second-order valence-corrected chi connectivity index (χ2v) is 4.79. The van der Waals surface area contributed by atoms with E-state index in [1.54, 1.807) is 7.11 Å². The summed E-state index contributed by atoms with van der Waals surface area (Å²) in [6, 6.07) is 10.8. The van der Waals surface area contributed by atoms with Gasteiger partial charge in [0.25, 0.3) is 0 Å². The first-order valence-corrected chi connectivity index (χ1v) is 6.96. The van der Waals surface area contributed by atoms with Crippen LogP contribution in [0.25, 0.3) is 0 Å². The molecule has 0 aliphatic rings. The monoisotopic (exact) mass is 291 g/mol. The molecule has 112 valence electrons. The van der Waals surface area contributed by atoms with E-state index in [4.69, 9.17) is 4.74 Å². The van der Waals surface area contributed by atoms with Crippen LogP contribution in [-0.2, 0) is 6.42 Å². The van der Waals surface area contributed by atoms with Crippen LogP contribution in [0.3, 0.4) is 0 Å². The maximum absolute atomic E-state index is 14.0. The van der Waals surface area contributed by atoms with Crippen molar-refractivity contribution in [3.8, 4) is 5.75 Å². The van der Waals surface area contributed by atoms with Crippen molar-refractivity contribution in [3.05, 3.63) is 65.2 Å². The summed E-state index contributed by atoms with van der Waals surface area (Å²) in [6.07, 6.45) is 0.526. The van der Waals surface area contributed by atoms with Crippen molar-refractivity contribution in [1.29, 1.82) is 0 Å². The van der Waals surface area contributed by atoms with Crippen molar-refractivity contribution in [3.63, 3.8) is 0 Å². The largest absolute Gasteiger partial charge is 0.496 e. The van der Waals surface area contributed by atoms with Gasteiger partial charge in [-0.2, -0.15) is 0 Å². The number of halogens is 2. The number of rotatable bonds is 6. The Morgan fingerprint density at radius 3 is 2.62 bits per heavy atom. The van der Waals surface area contributed by atoms with Gasteiger partial charge in [0, 0.05) is 11.6 Å². The molecular weight excluding hydrogens is 272 g/mol. The second kappa shape index (κ2) is 7.18. The Hall–Kier alpha value is -1.94. The summed E-state index contributed by atoms with van der Waals surface area (Å²) in [5, 5.41) is 3.20. The number of para-hydroxylation sites is 1. The molecule has 2 nitrogen and oxygen atoms in total. The molecule has 1 unspecified atom stereocenters. The van der Waals surface area contributed by atoms with E-state index in [1.165, 1.54) is 6.07 Å². The highest BCUT2D eigenvalue weighted by Gasteiger charge is 2.18. The SMILES string of the molecule is CCNC(Cc1ccccc1OC)c1cc(F)ccc1F. The summed E-state index contributed by atoms with van der Waals surface area (Å²) in [4.78, 5) is 0. The van der Waals surface area contributed by atoms with Crippen molar-refractivity contribution in [2.75, 3.05) is 13.7 Å². The predicted octanol–water partition coefficient (Wildman–Crippen LogP) is 3.87. The van der Waals surface area contributed by atoms with E-state index in [0.717, 1.165) is 23.4 Å². The molecule has 0 saturated carbocycles.